The summed E-state index contributed by atoms with van der Waals surface area (Å²) in [5.74, 6) is 1.57. The predicted octanol–water partition coefficient (Wildman–Crippen LogP) is 3.35. The van der Waals surface area contributed by atoms with Gasteiger partial charge in [0.05, 0.1) is 30.0 Å². The molecule has 146 valence electrons. The summed E-state index contributed by atoms with van der Waals surface area (Å²) in [6.45, 7) is 9.05. The van der Waals surface area contributed by atoms with Gasteiger partial charge in [0.15, 0.2) is 0 Å². The van der Waals surface area contributed by atoms with Gasteiger partial charge >= 0.3 is 0 Å². The predicted molar refractivity (Wildman–Crippen MR) is 111 cm³/mol. The van der Waals surface area contributed by atoms with E-state index in [1.54, 1.807) is 6.20 Å². The van der Waals surface area contributed by atoms with Gasteiger partial charge in [0.2, 0.25) is 0 Å². The van der Waals surface area contributed by atoms with E-state index in [4.69, 9.17) is 4.74 Å². The average Bonchev–Trinajstić information content (AvgIpc) is 3.06. The number of hydrogen-bond acceptors (Lipinski definition) is 7. The molecule has 4 rings (SSSR count). The van der Waals surface area contributed by atoms with Crippen molar-refractivity contribution in [2.24, 2.45) is 0 Å². The fourth-order valence-corrected chi connectivity index (χ4v) is 4.54. The van der Waals surface area contributed by atoms with E-state index < -0.39 is 0 Å². The Balaban J connectivity index is 1.55. The first-order valence-corrected chi connectivity index (χ1v) is 10.2. The smallest absolute Gasteiger partial charge is 0.266 e. The van der Waals surface area contributed by atoms with E-state index in [9.17, 15) is 4.79 Å². The Labute approximate surface area is 167 Å². The normalized spacial score (nSPS) is 14.5. The van der Waals surface area contributed by atoms with Crippen LogP contribution in [0.2, 0.25) is 0 Å². The van der Waals surface area contributed by atoms with Crippen LogP contribution >= 0.6 is 11.3 Å². The molecule has 0 bridgehead atoms. The van der Waals surface area contributed by atoms with Crippen LogP contribution in [0.1, 0.15) is 33.7 Å². The highest BCUT2D eigenvalue weighted by Crippen LogP contribution is 2.32. The molecule has 7 nitrogen and oxygen atoms in total. The maximum Gasteiger partial charge on any atom is 0.266 e. The van der Waals surface area contributed by atoms with Crippen molar-refractivity contribution in [2.75, 3.05) is 36.5 Å². The first-order valence-electron chi connectivity index (χ1n) is 9.43. The zero-order valence-electron chi connectivity index (χ0n) is 16.3. The summed E-state index contributed by atoms with van der Waals surface area (Å²) in [5.41, 5.74) is 2.53. The van der Waals surface area contributed by atoms with Gasteiger partial charge in [-0.2, -0.15) is 0 Å². The van der Waals surface area contributed by atoms with Crippen molar-refractivity contribution in [1.82, 2.24) is 15.0 Å². The largest absolute Gasteiger partial charge is 0.378 e. The Bertz CT molecular complexity index is 1010. The third kappa shape index (κ3) is 3.57. The Hall–Kier alpha value is -2.58. The van der Waals surface area contributed by atoms with Gasteiger partial charge < -0.3 is 15.0 Å². The number of morpholine rings is 1. The molecule has 1 N–H and O–H groups in total. The maximum atomic E-state index is 12.9. The van der Waals surface area contributed by atoms with Gasteiger partial charge in [-0.25, -0.2) is 15.0 Å². The summed E-state index contributed by atoms with van der Waals surface area (Å²) in [7, 11) is 0. The second kappa shape index (κ2) is 7.81. The molecule has 0 aromatic carbocycles. The van der Waals surface area contributed by atoms with Gasteiger partial charge in [-0.3, -0.25) is 4.79 Å². The van der Waals surface area contributed by atoms with Crippen LogP contribution in [0, 0.1) is 13.8 Å². The Kier molecular flexibility index (Phi) is 5.23. The summed E-state index contributed by atoms with van der Waals surface area (Å²) in [5, 5.41) is 3.94. The number of ether oxygens (including phenoxy) is 1. The van der Waals surface area contributed by atoms with Crippen molar-refractivity contribution < 1.29 is 9.53 Å². The number of carbonyl (C=O) groups excluding carboxylic acids is 1. The number of thiophene rings is 1. The number of fused-ring (bicyclic) bond motifs is 1. The zero-order chi connectivity index (χ0) is 19.7. The van der Waals surface area contributed by atoms with Crippen molar-refractivity contribution >= 4 is 39.0 Å². The van der Waals surface area contributed by atoms with Crippen LogP contribution in [-0.2, 0) is 11.2 Å². The van der Waals surface area contributed by atoms with Crippen molar-refractivity contribution in [2.45, 2.75) is 27.2 Å². The molecule has 0 radical (unpaired) electrons. The van der Waals surface area contributed by atoms with Gasteiger partial charge in [0.25, 0.3) is 5.91 Å². The second-order valence-electron chi connectivity index (χ2n) is 6.77. The molecule has 1 amide bonds. The van der Waals surface area contributed by atoms with Crippen LogP contribution in [0.4, 0.5) is 11.5 Å². The molecule has 1 aliphatic rings. The van der Waals surface area contributed by atoms with Crippen molar-refractivity contribution in [3.8, 4) is 0 Å². The van der Waals surface area contributed by atoms with Gasteiger partial charge in [0.1, 0.15) is 16.5 Å². The molecular formula is C20H23N5O2S. The minimum Gasteiger partial charge on any atom is -0.378 e. The summed E-state index contributed by atoms with van der Waals surface area (Å²) in [6.07, 6.45) is 2.47. The first kappa shape index (κ1) is 18.8. The lowest BCUT2D eigenvalue weighted by atomic mass is 10.1. The number of aromatic nitrogens is 3. The molecule has 1 saturated heterocycles. The van der Waals surface area contributed by atoms with Gasteiger partial charge in [0, 0.05) is 30.6 Å². The molecular weight excluding hydrogens is 374 g/mol. The van der Waals surface area contributed by atoms with E-state index in [0.29, 0.717) is 23.8 Å². The summed E-state index contributed by atoms with van der Waals surface area (Å²) >= 11 is 1.42. The second-order valence-corrected chi connectivity index (χ2v) is 7.77. The van der Waals surface area contributed by atoms with Crippen LogP contribution in [0.25, 0.3) is 10.2 Å². The summed E-state index contributed by atoms with van der Waals surface area (Å²) in [6, 6.07) is 3.82. The van der Waals surface area contributed by atoms with Gasteiger partial charge in [-0.05, 0) is 31.5 Å². The minimum atomic E-state index is -0.140. The number of aryl methyl sites for hydroxylation is 3. The summed E-state index contributed by atoms with van der Waals surface area (Å²) < 4.78 is 5.37. The Morgan fingerprint density at radius 1 is 1.25 bits per heavy atom. The Morgan fingerprint density at radius 3 is 2.71 bits per heavy atom. The molecule has 0 saturated carbocycles. The van der Waals surface area contributed by atoms with Crippen LogP contribution in [-0.4, -0.2) is 47.2 Å². The fraction of sp³-hybridized carbons (Fsp3) is 0.400. The molecule has 0 unspecified atom stereocenters. The number of nitrogens with one attached hydrogen (secondary N) is 1. The number of carbonyl (C=O) groups is 1. The molecule has 1 aliphatic heterocycles. The number of nitrogens with zero attached hydrogens (tertiary/aromatic N) is 4. The molecule has 28 heavy (non-hydrogen) atoms. The van der Waals surface area contributed by atoms with Crippen molar-refractivity contribution in [3.05, 3.63) is 40.3 Å². The van der Waals surface area contributed by atoms with E-state index in [2.05, 4.69) is 25.2 Å². The highest BCUT2D eigenvalue weighted by atomic mass is 32.1. The topological polar surface area (TPSA) is 80.2 Å². The van der Waals surface area contributed by atoms with Crippen LogP contribution < -0.4 is 10.2 Å². The van der Waals surface area contributed by atoms with E-state index in [1.165, 1.54) is 11.3 Å². The molecule has 0 spiro atoms. The fourth-order valence-electron chi connectivity index (χ4n) is 3.40. The number of anilines is 2. The standard InChI is InChI=1S/C20H23N5O2S/c1-4-15-22-13(3)17-12(2)18(28-20(17)24-15)19(26)23-14-5-6-16(21-11-14)25-7-9-27-10-8-25/h5-6,11H,4,7-10H2,1-3H3,(H,23,26). The van der Waals surface area contributed by atoms with E-state index in [0.717, 1.165) is 52.6 Å². The molecule has 3 aromatic rings. The quantitative estimate of drug-likeness (QED) is 0.727. The third-order valence-corrected chi connectivity index (χ3v) is 6.07. The zero-order valence-corrected chi connectivity index (χ0v) is 17.1. The third-order valence-electron chi connectivity index (χ3n) is 4.88. The van der Waals surface area contributed by atoms with Crippen molar-refractivity contribution in [1.29, 1.82) is 0 Å². The number of rotatable bonds is 4. The molecule has 4 heterocycles. The lowest BCUT2D eigenvalue weighted by Gasteiger charge is -2.27. The monoisotopic (exact) mass is 397 g/mol. The molecule has 3 aromatic heterocycles. The maximum absolute atomic E-state index is 12.9. The highest BCUT2D eigenvalue weighted by molar-refractivity contribution is 7.20. The number of amides is 1. The van der Waals surface area contributed by atoms with Crippen LogP contribution in [0.5, 0.6) is 0 Å². The number of pyridine rings is 1. The molecule has 0 atom stereocenters. The first-order chi connectivity index (χ1) is 13.6. The molecule has 8 heteroatoms. The molecule has 0 aliphatic carbocycles. The lowest BCUT2D eigenvalue weighted by Crippen LogP contribution is -2.36. The number of hydrogen-bond donors (Lipinski definition) is 1. The molecule has 1 fully saturated rings. The van der Waals surface area contributed by atoms with E-state index in [-0.39, 0.29) is 5.91 Å². The van der Waals surface area contributed by atoms with Crippen LogP contribution in [0.15, 0.2) is 18.3 Å². The highest BCUT2D eigenvalue weighted by Gasteiger charge is 2.19. The van der Waals surface area contributed by atoms with E-state index >= 15 is 0 Å². The minimum absolute atomic E-state index is 0.140. The SMILES string of the molecule is CCc1nc(C)c2c(C)c(C(=O)Nc3ccc(N4CCOCC4)nc3)sc2n1. The summed E-state index contributed by atoms with van der Waals surface area (Å²) in [4.78, 5) is 30.2. The van der Waals surface area contributed by atoms with E-state index in [1.807, 2.05) is 32.9 Å². The lowest BCUT2D eigenvalue weighted by molar-refractivity contribution is 0.103. The van der Waals surface area contributed by atoms with Gasteiger partial charge in [-0.15, -0.1) is 11.3 Å². The average molecular weight is 398 g/mol. The van der Waals surface area contributed by atoms with Crippen LogP contribution in [0.3, 0.4) is 0 Å². The van der Waals surface area contributed by atoms with Crippen molar-refractivity contribution in [3.63, 3.8) is 0 Å². The Morgan fingerprint density at radius 2 is 2.04 bits per heavy atom. The van der Waals surface area contributed by atoms with Gasteiger partial charge in [-0.1, -0.05) is 6.92 Å².